The van der Waals surface area contributed by atoms with E-state index in [4.69, 9.17) is 14.2 Å². The van der Waals surface area contributed by atoms with Crippen molar-refractivity contribution < 1.29 is 23.8 Å². The normalized spacial score (nSPS) is 19.0. The van der Waals surface area contributed by atoms with E-state index in [-0.39, 0.29) is 24.8 Å². The molecule has 3 rings (SSSR count). The topological polar surface area (TPSA) is 65.1 Å². The van der Waals surface area contributed by atoms with E-state index in [1.54, 1.807) is 4.90 Å². The molecule has 1 aromatic rings. The average Bonchev–Trinajstić information content (AvgIpc) is 3.15. The van der Waals surface area contributed by atoms with Gasteiger partial charge in [-0.05, 0) is 32.8 Å². The van der Waals surface area contributed by atoms with Gasteiger partial charge in [0.2, 0.25) is 6.29 Å². The number of ether oxygens (including phenoxy) is 3. The summed E-state index contributed by atoms with van der Waals surface area (Å²) >= 11 is 0. The van der Waals surface area contributed by atoms with E-state index in [1.165, 1.54) is 0 Å². The van der Waals surface area contributed by atoms with Gasteiger partial charge in [0.05, 0.1) is 18.8 Å². The maximum absolute atomic E-state index is 13.1. The van der Waals surface area contributed by atoms with Crippen LogP contribution in [0.3, 0.4) is 0 Å². The van der Waals surface area contributed by atoms with Crippen molar-refractivity contribution in [3.63, 3.8) is 0 Å². The summed E-state index contributed by atoms with van der Waals surface area (Å²) in [6, 6.07) is 9.50. The van der Waals surface area contributed by atoms with Crippen LogP contribution in [-0.4, -0.2) is 48.4 Å². The summed E-state index contributed by atoms with van der Waals surface area (Å²) in [6.07, 6.45) is 0.0249. The highest BCUT2D eigenvalue weighted by Gasteiger charge is 2.38. The molecule has 2 heterocycles. The Labute approximate surface area is 153 Å². The molecule has 2 aliphatic rings. The molecule has 2 aliphatic heterocycles. The Morgan fingerprint density at radius 2 is 1.85 bits per heavy atom. The predicted octanol–water partition coefficient (Wildman–Crippen LogP) is 2.73. The average molecular weight is 359 g/mol. The number of hydrogen-bond donors (Lipinski definition) is 0. The second-order valence-corrected chi connectivity index (χ2v) is 7.16. The quantitative estimate of drug-likeness (QED) is 0.781. The second kappa shape index (κ2) is 7.60. The predicted molar refractivity (Wildman–Crippen MR) is 95.8 cm³/mol. The Bertz CT molecular complexity index is 704. The third-order valence-corrected chi connectivity index (χ3v) is 4.88. The molecule has 0 aliphatic carbocycles. The van der Waals surface area contributed by atoms with Crippen LogP contribution in [-0.2, 0) is 23.8 Å². The van der Waals surface area contributed by atoms with Crippen LogP contribution in [0, 0.1) is 0 Å². The van der Waals surface area contributed by atoms with Crippen molar-refractivity contribution in [2.75, 3.05) is 19.9 Å². The van der Waals surface area contributed by atoms with Crippen LogP contribution in [0.2, 0.25) is 0 Å². The number of rotatable bonds is 6. The van der Waals surface area contributed by atoms with Crippen LogP contribution < -0.4 is 0 Å². The van der Waals surface area contributed by atoms with Crippen molar-refractivity contribution in [3.8, 4) is 0 Å². The zero-order chi connectivity index (χ0) is 18.7. The molecule has 0 bridgehead atoms. The summed E-state index contributed by atoms with van der Waals surface area (Å²) in [4.78, 5) is 27.0. The summed E-state index contributed by atoms with van der Waals surface area (Å²) < 4.78 is 16.3. The minimum absolute atomic E-state index is 0.0780. The Hall–Kier alpha value is -2.18. The number of hydrogen-bond acceptors (Lipinski definition) is 5. The molecule has 140 valence electrons. The molecular weight excluding hydrogens is 334 g/mol. The number of nitrogens with zero attached hydrogens (tertiary/aromatic N) is 1. The van der Waals surface area contributed by atoms with Crippen molar-refractivity contribution in [1.29, 1.82) is 0 Å². The van der Waals surface area contributed by atoms with E-state index in [1.807, 2.05) is 51.1 Å². The van der Waals surface area contributed by atoms with Crippen molar-refractivity contribution in [3.05, 3.63) is 41.7 Å². The van der Waals surface area contributed by atoms with Crippen molar-refractivity contribution >= 4 is 17.3 Å². The maximum atomic E-state index is 13.1. The Balaban J connectivity index is 1.71. The lowest BCUT2D eigenvalue weighted by molar-refractivity contribution is -0.147. The van der Waals surface area contributed by atoms with Gasteiger partial charge < -0.3 is 19.1 Å². The molecule has 26 heavy (non-hydrogen) atoms. The van der Waals surface area contributed by atoms with E-state index in [0.717, 1.165) is 5.56 Å². The fourth-order valence-corrected chi connectivity index (χ4v) is 3.19. The molecule has 1 saturated heterocycles. The van der Waals surface area contributed by atoms with E-state index in [2.05, 4.69) is 0 Å². The molecule has 0 unspecified atom stereocenters. The molecule has 6 nitrogen and oxygen atoms in total. The van der Waals surface area contributed by atoms with Gasteiger partial charge in [0.25, 0.3) is 5.91 Å². The van der Waals surface area contributed by atoms with Gasteiger partial charge in [-0.1, -0.05) is 30.3 Å². The van der Waals surface area contributed by atoms with Crippen molar-refractivity contribution in [2.45, 2.75) is 45.4 Å². The lowest BCUT2D eigenvalue weighted by Crippen LogP contribution is -2.51. The maximum Gasteiger partial charge on any atom is 0.260 e. The number of benzene rings is 1. The molecule has 6 heteroatoms. The highest BCUT2D eigenvalue weighted by Crippen LogP contribution is 2.32. The molecule has 1 fully saturated rings. The summed E-state index contributed by atoms with van der Waals surface area (Å²) in [5, 5.41) is 0. The lowest BCUT2D eigenvalue weighted by atomic mass is 9.92. The summed E-state index contributed by atoms with van der Waals surface area (Å²) in [6.45, 7) is 6.77. The number of carbonyl (C=O) groups excluding carboxylic acids is 2. The van der Waals surface area contributed by atoms with Gasteiger partial charge in [0.1, 0.15) is 5.76 Å². The number of amides is 1. The first-order valence-corrected chi connectivity index (χ1v) is 8.87. The van der Waals surface area contributed by atoms with Crippen molar-refractivity contribution in [2.24, 2.45) is 0 Å². The minimum Gasteiger partial charge on any atom is -0.477 e. The van der Waals surface area contributed by atoms with Gasteiger partial charge in [-0.25, -0.2) is 0 Å². The highest BCUT2D eigenvalue weighted by atomic mass is 16.7. The molecule has 1 aromatic carbocycles. The molecule has 0 N–H and O–H groups in total. The Morgan fingerprint density at radius 3 is 2.50 bits per heavy atom. The third kappa shape index (κ3) is 3.81. The zero-order valence-corrected chi connectivity index (χ0v) is 15.5. The third-order valence-electron chi connectivity index (χ3n) is 4.88. The summed E-state index contributed by atoms with van der Waals surface area (Å²) in [5.41, 5.74) is 0.865. The fraction of sp³-hybridized carbons (Fsp3) is 0.500. The first-order chi connectivity index (χ1) is 12.4. The number of carbonyl (C=O) groups is 2. The van der Waals surface area contributed by atoms with Crippen molar-refractivity contribution in [1.82, 2.24) is 4.90 Å². The van der Waals surface area contributed by atoms with E-state index < -0.39 is 11.8 Å². The largest absolute Gasteiger partial charge is 0.477 e. The van der Waals surface area contributed by atoms with Gasteiger partial charge in [0.15, 0.2) is 12.5 Å². The SMILES string of the molecule is CC1=C(c2ccccc2)C(=O)N(C(C)(C)CCC(=O)C2OCCO2)CO1. The molecular formula is C20H25NO5. The number of allylic oxidation sites excluding steroid dienone is 1. The highest BCUT2D eigenvalue weighted by molar-refractivity contribution is 6.20. The summed E-state index contributed by atoms with van der Waals surface area (Å²) in [7, 11) is 0. The standard InChI is InChI=1S/C20H25NO5/c1-14-17(15-7-5-4-6-8-15)18(23)21(13-26-14)20(2,3)10-9-16(22)19-24-11-12-25-19/h4-8,19H,9-13H2,1-3H3. The number of Topliss-reactive ketones (excluding diaryl/α,β-unsaturated/α-hetero) is 1. The van der Waals surface area contributed by atoms with Crippen LogP contribution in [0.4, 0.5) is 0 Å². The smallest absolute Gasteiger partial charge is 0.260 e. The molecule has 0 saturated carbocycles. The molecule has 1 amide bonds. The van der Waals surface area contributed by atoms with E-state index >= 15 is 0 Å². The molecule has 0 aromatic heterocycles. The van der Waals surface area contributed by atoms with Crippen LogP contribution in [0.15, 0.2) is 36.1 Å². The van der Waals surface area contributed by atoms with Gasteiger partial charge in [-0.3, -0.25) is 9.59 Å². The van der Waals surface area contributed by atoms with Crippen LogP contribution in [0.5, 0.6) is 0 Å². The first kappa shape index (κ1) is 18.6. The van der Waals surface area contributed by atoms with Crippen LogP contribution >= 0.6 is 0 Å². The molecule has 0 atom stereocenters. The minimum atomic E-state index is -0.763. The van der Waals surface area contributed by atoms with Gasteiger partial charge in [0, 0.05) is 12.0 Å². The molecule has 0 spiro atoms. The van der Waals surface area contributed by atoms with E-state index in [9.17, 15) is 9.59 Å². The monoisotopic (exact) mass is 359 g/mol. The second-order valence-electron chi connectivity index (χ2n) is 7.16. The van der Waals surface area contributed by atoms with Gasteiger partial charge in [-0.2, -0.15) is 0 Å². The van der Waals surface area contributed by atoms with Crippen LogP contribution in [0.25, 0.3) is 5.57 Å². The van der Waals surface area contributed by atoms with Gasteiger partial charge >= 0.3 is 0 Å². The Morgan fingerprint density at radius 1 is 1.19 bits per heavy atom. The zero-order valence-electron chi connectivity index (χ0n) is 15.5. The van der Waals surface area contributed by atoms with E-state index in [0.29, 0.717) is 31.0 Å². The fourth-order valence-electron chi connectivity index (χ4n) is 3.19. The lowest BCUT2D eigenvalue weighted by Gasteiger charge is -2.41. The first-order valence-electron chi connectivity index (χ1n) is 8.87. The van der Waals surface area contributed by atoms with Crippen LogP contribution in [0.1, 0.15) is 39.2 Å². The van der Waals surface area contributed by atoms with Gasteiger partial charge in [-0.15, -0.1) is 0 Å². The molecule has 0 radical (unpaired) electrons. The number of ketones is 1. The summed E-state index contributed by atoms with van der Waals surface area (Å²) in [5.74, 6) is 0.457. The Kier molecular flexibility index (Phi) is 5.44.